The van der Waals surface area contributed by atoms with Gasteiger partial charge in [-0.05, 0) is 23.7 Å². The molecule has 0 saturated heterocycles. The van der Waals surface area contributed by atoms with Crippen LogP contribution in [0, 0.1) is 17.8 Å². The molecule has 0 radical (unpaired) electrons. The standard InChI is InChI=1S/C15H30N4/c1-9(2)12(10(3)4)8-17-15-13(16)14(11(5)6)18-19(15)7/h9-12,17H,8,16H2,1-7H3. The lowest BCUT2D eigenvalue weighted by Gasteiger charge is -2.25. The monoisotopic (exact) mass is 266 g/mol. The third-order valence-electron chi connectivity index (χ3n) is 3.88. The van der Waals surface area contributed by atoms with Gasteiger partial charge in [-0.15, -0.1) is 0 Å². The molecule has 0 bridgehead atoms. The summed E-state index contributed by atoms with van der Waals surface area (Å²) < 4.78 is 1.86. The highest BCUT2D eigenvalue weighted by molar-refractivity contribution is 5.65. The van der Waals surface area contributed by atoms with Crippen molar-refractivity contribution in [2.75, 3.05) is 17.6 Å². The highest BCUT2D eigenvalue weighted by atomic mass is 15.3. The molecule has 0 spiro atoms. The summed E-state index contributed by atoms with van der Waals surface area (Å²) in [5, 5.41) is 8.00. The fraction of sp³-hybridized carbons (Fsp3) is 0.800. The Morgan fingerprint density at radius 3 is 2.00 bits per heavy atom. The number of hydrogen-bond acceptors (Lipinski definition) is 3. The first-order chi connectivity index (χ1) is 8.75. The maximum Gasteiger partial charge on any atom is 0.147 e. The van der Waals surface area contributed by atoms with Crippen LogP contribution in [0.4, 0.5) is 11.5 Å². The third-order valence-corrected chi connectivity index (χ3v) is 3.88. The second-order valence-electron chi connectivity index (χ2n) is 6.46. The van der Waals surface area contributed by atoms with Crippen molar-refractivity contribution in [1.29, 1.82) is 0 Å². The molecule has 3 N–H and O–H groups in total. The molecule has 0 unspecified atom stereocenters. The predicted octanol–water partition coefficient (Wildman–Crippen LogP) is 3.47. The van der Waals surface area contributed by atoms with Gasteiger partial charge in [0.05, 0.1) is 11.4 Å². The van der Waals surface area contributed by atoms with Gasteiger partial charge >= 0.3 is 0 Å². The Kier molecular flexibility index (Phi) is 5.27. The highest BCUT2D eigenvalue weighted by Crippen LogP contribution is 2.29. The maximum atomic E-state index is 6.20. The smallest absolute Gasteiger partial charge is 0.147 e. The van der Waals surface area contributed by atoms with E-state index >= 15 is 0 Å². The predicted molar refractivity (Wildman–Crippen MR) is 83.4 cm³/mol. The van der Waals surface area contributed by atoms with Crippen LogP contribution < -0.4 is 11.1 Å². The van der Waals surface area contributed by atoms with Crippen LogP contribution >= 0.6 is 0 Å². The van der Waals surface area contributed by atoms with E-state index in [4.69, 9.17) is 5.73 Å². The van der Waals surface area contributed by atoms with E-state index in [-0.39, 0.29) is 0 Å². The summed E-state index contributed by atoms with van der Waals surface area (Å²) in [4.78, 5) is 0. The maximum absolute atomic E-state index is 6.20. The third kappa shape index (κ3) is 3.64. The lowest BCUT2D eigenvalue weighted by molar-refractivity contribution is 0.304. The minimum absolute atomic E-state index is 0.354. The van der Waals surface area contributed by atoms with Crippen molar-refractivity contribution in [3.8, 4) is 0 Å². The molecule has 1 rings (SSSR count). The number of hydrogen-bond donors (Lipinski definition) is 2. The van der Waals surface area contributed by atoms with Gasteiger partial charge in [0, 0.05) is 13.6 Å². The Hall–Kier alpha value is -1.19. The second kappa shape index (κ2) is 6.31. The van der Waals surface area contributed by atoms with E-state index in [1.807, 2.05) is 11.7 Å². The molecule has 4 nitrogen and oxygen atoms in total. The van der Waals surface area contributed by atoms with Crippen molar-refractivity contribution < 1.29 is 0 Å². The van der Waals surface area contributed by atoms with Crippen LogP contribution in [0.3, 0.4) is 0 Å². The first-order valence-corrected chi connectivity index (χ1v) is 7.31. The molecule has 0 atom stereocenters. The minimum atomic E-state index is 0.354. The fourth-order valence-corrected chi connectivity index (χ4v) is 2.65. The van der Waals surface area contributed by atoms with Crippen LogP contribution in [0.2, 0.25) is 0 Å². The van der Waals surface area contributed by atoms with Crippen LogP contribution in [0.1, 0.15) is 53.2 Å². The molecule has 4 heteroatoms. The van der Waals surface area contributed by atoms with Crippen molar-refractivity contribution in [2.45, 2.75) is 47.5 Å². The van der Waals surface area contributed by atoms with Gasteiger partial charge in [-0.25, -0.2) is 0 Å². The number of nitrogens with one attached hydrogen (secondary N) is 1. The van der Waals surface area contributed by atoms with Gasteiger partial charge in [0.1, 0.15) is 5.82 Å². The Labute approximate surface area is 117 Å². The van der Waals surface area contributed by atoms with Gasteiger partial charge in [0.15, 0.2) is 0 Å². The van der Waals surface area contributed by atoms with Crippen LogP contribution in [0.5, 0.6) is 0 Å². The Bertz CT molecular complexity index is 397. The Morgan fingerprint density at radius 1 is 1.11 bits per heavy atom. The fourth-order valence-electron chi connectivity index (χ4n) is 2.65. The number of anilines is 2. The van der Waals surface area contributed by atoms with Crippen molar-refractivity contribution >= 4 is 11.5 Å². The van der Waals surface area contributed by atoms with Crippen LogP contribution in [-0.2, 0) is 7.05 Å². The highest BCUT2D eigenvalue weighted by Gasteiger charge is 2.20. The molecular formula is C15H30N4. The summed E-state index contributed by atoms with van der Waals surface area (Å²) in [7, 11) is 1.95. The van der Waals surface area contributed by atoms with Crippen molar-refractivity contribution in [2.24, 2.45) is 24.8 Å². The molecular weight excluding hydrogens is 236 g/mol. The molecule has 0 aliphatic carbocycles. The zero-order valence-corrected chi connectivity index (χ0v) is 13.5. The number of nitrogen functional groups attached to an aromatic ring is 1. The van der Waals surface area contributed by atoms with Crippen LogP contribution in [0.15, 0.2) is 0 Å². The number of aromatic nitrogens is 2. The van der Waals surface area contributed by atoms with Crippen molar-refractivity contribution in [3.63, 3.8) is 0 Å². The van der Waals surface area contributed by atoms with E-state index in [0.29, 0.717) is 23.7 Å². The molecule has 1 heterocycles. The average Bonchev–Trinajstić information content (AvgIpc) is 2.55. The molecule has 1 aromatic heterocycles. The van der Waals surface area contributed by atoms with Gasteiger partial charge < -0.3 is 11.1 Å². The summed E-state index contributed by atoms with van der Waals surface area (Å²) in [5.74, 6) is 3.26. The van der Waals surface area contributed by atoms with Gasteiger partial charge in [-0.2, -0.15) is 5.10 Å². The van der Waals surface area contributed by atoms with E-state index in [2.05, 4.69) is 52.0 Å². The quantitative estimate of drug-likeness (QED) is 0.829. The molecule has 0 aliphatic heterocycles. The summed E-state index contributed by atoms with van der Waals surface area (Å²) in [6.45, 7) is 14.3. The van der Waals surface area contributed by atoms with E-state index in [9.17, 15) is 0 Å². The van der Waals surface area contributed by atoms with Crippen LogP contribution in [0.25, 0.3) is 0 Å². The lowest BCUT2D eigenvalue weighted by atomic mass is 9.85. The molecule has 19 heavy (non-hydrogen) atoms. The largest absolute Gasteiger partial charge is 0.394 e. The molecule has 110 valence electrons. The van der Waals surface area contributed by atoms with Crippen molar-refractivity contribution in [1.82, 2.24) is 9.78 Å². The molecule has 0 saturated carbocycles. The summed E-state index contributed by atoms with van der Waals surface area (Å²) in [5.41, 5.74) is 7.97. The van der Waals surface area contributed by atoms with Gasteiger partial charge in [-0.3, -0.25) is 4.68 Å². The van der Waals surface area contributed by atoms with E-state index < -0.39 is 0 Å². The normalized spacial score (nSPS) is 12.2. The van der Waals surface area contributed by atoms with Gasteiger partial charge in [0.25, 0.3) is 0 Å². The van der Waals surface area contributed by atoms with E-state index in [1.165, 1.54) is 0 Å². The summed E-state index contributed by atoms with van der Waals surface area (Å²) in [6.07, 6.45) is 0. The SMILES string of the molecule is CC(C)c1nn(C)c(NCC(C(C)C)C(C)C)c1N. The van der Waals surface area contributed by atoms with E-state index in [0.717, 1.165) is 23.7 Å². The zero-order valence-electron chi connectivity index (χ0n) is 13.5. The lowest BCUT2D eigenvalue weighted by Crippen LogP contribution is -2.25. The minimum Gasteiger partial charge on any atom is -0.394 e. The summed E-state index contributed by atoms with van der Waals surface area (Å²) in [6, 6.07) is 0. The molecule has 0 fully saturated rings. The zero-order chi connectivity index (χ0) is 14.7. The second-order valence-corrected chi connectivity index (χ2v) is 6.46. The van der Waals surface area contributed by atoms with Gasteiger partial charge in [0.2, 0.25) is 0 Å². The van der Waals surface area contributed by atoms with Crippen molar-refractivity contribution in [3.05, 3.63) is 5.69 Å². The molecule has 0 amide bonds. The van der Waals surface area contributed by atoms with Crippen LogP contribution in [-0.4, -0.2) is 16.3 Å². The molecule has 0 aliphatic rings. The number of rotatable bonds is 6. The number of aryl methyl sites for hydroxylation is 1. The topological polar surface area (TPSA) is 55.9 Å². The number of nitrogens with two attached hydrogens (primary N) is 1. The first kappa shape index (κ1) is 15.9. The summed E-state index contributed by atoms with van der Waals surface area (Å²) >= 11 is 0. The molecule has 1 aromatic rings. The number of nitrogens with zero attached hydrogens (tertiary/aromatic N) is 2. The first-order valence-electron chi connectivity index (χ1n) is 7.31. The average molecular weight is 266 g/mol. The van der Waals surface area contributed by atoms with Gasteiger partial charge in [-0.1, -0.05) is 41.5 Å². The Balaban J connectivity index is 2.83. The van der Waals surface area contributed by atoms with E-state index in [1.54, 1.807) is 0 Å². The Morgan fingerprint density at radius 2 is 1.63 bits per heavy atom. The molecule has 0 aromatic carbocycles.